The molecule has 0 fully saturated rings. The van der Waals surface area contributed by atoms with E-state index in [2.05, 4.69) is 62.8 Å². The summed E-state index contributed by atoms with van der Waals surface area (Å²) < 4.78 is 182. The Bertz CT molecular complexity index is 7640. The molecule has 0 unspecified atom stereocenters. The lowest BCUT2D eigenvalue weighted by atomic mass is 9.86. The summed E-state index contributed by atoms with van der Waals surface area (Å²) in [6, 6.07) is 49.5. The number of sulfonamides is 2. The van der Waals surface area contributed by atoms with Crippen LogP contribution >= 0.6 is 21.4 Å². The third-order valence-electron chi connectivity index (χ3n) is 21.2. The van der Waals surface area contributed by atoms with Crippen molar-refractivity contribution < 1.29 is 93.2 Å². The molecular formula is C93H96Cl2F3N11O22S4. The number of fused-ring (bicyclic) bond motifs is 6. The molecule has 0 saturated heterocycles. The highest BCUT2D eigenvalue weighted by atomic mass is 35.7. The number of anilines is 3. The van der Waals surface area contributed by atoms with Crippen molar-refractivity contribution in [1.82, 2.24) is 39.4 Å². The normalized spacial score (nSPS) is 12.9. The molecule has 0 bridgehead atoms. The summed E-state index contributed by atoms with van der Waals surface area (Å²) in [5.74, 6) is -2.57. The maximum atomic E-state index is 13.9. The molecule has 17 rings (SSSR count). The zero-order chi connectivity index (χ0) is 98.5. The molecule has 2 aliphatic rings. The second-order valence-electron chi connectivity index (χ2n) is 32.2. The third-order valence-corrected chi connectivity index (χ3v) is 26.1. The molecule has 2 atom stereocenters. The minimum atomic E-state index is -4.22. The largest absolute Gasteiger partial charge is 0.497 e. The van der Waals surface area contributed by atoms with E-state index in [9.17, 15) is 67.5 Å². The summed E-state index contributed by atoms with van der Waals surface area (Å²) in [7, 11) is -3.87. The Balaban J connectivity index is 0.000000160. The molecule has 7 aromatic heterocycles. The van der Waals surface area contributed by atoms with E-state index in [1.54, 1.807) is 93.8 Å². The summed E-state index contributed by atoms with van der Waals surface area (Å²) in [5.41, 5.74) is 15.6. The Kier molecular flexibility index (Phi) is 32.8. The quantitative estimate of drug-likeness (QED) is 0.0253. The van der Waals surface area contributed by atoms with Crippen molar-refractivity contribution in [3.8, 4) is 11.5 Å². The number of rotatable bonds is 17. The number of hydrogen-bond acceptors (Lipinski definition) is 25. The van der Waals surface area contributed by atoms with E-state index in [1.807, 2.05) is 103 Å². The number of benzene rings is 8. The summed E-state index contributed by atoms with van der Waals surface area (Å²) in [6.45, 7) is 21.6. The van der Waals surface area contributed by atoms with Gasteiger partial charge in [-0.25, -0.2) is 68.5 Å². The van der Waals surface area contributed by atoms with Crippen LogP contribution in [0.5, 0.6) is 11.5 Å². The number of aliphatic hydroxyl groups excluding tert-OH is 1. The number of halogens is 5. The first-order chi connectivity index (χ1) is 63.5. The van der Waals surface area contributed by atoms with Gasteiger partial charge < -0.3 is 47.2 Å². The molecule has 1 amide bonds. The Morgan fingerprint density at radius 1 is 0.548 bits per heavy atom. The highest BCUT2D eigenvalue weighted by molar-refractivity contribution is 8.13. The molecule has 7 N–H and O–H groups in total. The molecule has 15 aromatic rings. The molecular weight excluding hydrogens is 1880 g/mol. The monoisotopic (exact) mass is 1970 g/mol. The highest BCUT2D eigenvalue weighted by Gasteiger charge is 2.33. The van der Waals surface area contributed by atoms with Gasteiger partial charge in [0.15, 0.2) is 22.3 Å². The fourth-order valence-corrected chi connectivity index (χ4v) is 18.9. The summed E-state index contributed by atoms with van der Waals surface area (Å²) in [5, 5.41) is 12.9. The number of methoxy groups -OCH3 is 2. The number of carbonyl (C=O) groups excluding carboxylic acids is 1. The molecule has 8 aromatic carbocycles. The SMILES string of the molecule is COc1ccc(CN(c2cccc(F)n2)S(=O)(=O)c2cc3oc(=O)[nH]c3cc2C)c(C)c1.COc1ccc(CNc2cccc(F)n2)c(C)c1.C[C@H](O)c1cccc2c1CN(C(=O)OC(C)(C)C)CC2.Cc1cc2[nH]c(=O)oc2cc1S(=O)(=O)Cl.Cc1cc2c(cc1S(=O)(=O)Nc1cccc(F)n1)oc(=O)n2[C@H](C)c1cccc2c1CCCC2.Cc1ccc2oc(=O)[nH]c2c1.O=S(=O)(O)Cl. The average molecular weight is 1980 g/mol. The van der Waals surface area contributed by atoms with Crippen LogP contribution in [0.25, 0.3) is 44.4 Å². The van der Waals surface area contributed by atoms with Crippen LogP contribution in [-0.2, 0) is 82.1 Å². The number of aliphatic hydroxyl groups is 1. The number of nitrogens with one attached hydrogen (secondary N) is 5. The van der Waals surface area contributed by atoms with Gasteiger partial charge in [-0.2, -0.15) is 21.6 Å². The van der Waals surface area contributed by atoms with Crippen LogP contribution in [0.3, 0.4) is 0 Å². The lowest BCUT2D eigenvalue weighted by molar-refractivity contribution is 0.0221. The van der Waals surface area contributed by atoms with Gasteiger partial charge in [0.1, 0.15) is 34.6 Å². The van der Waals surface area contributed by atoms with Gasteiger partial charge in [-0.15, -0.1) is 0 Å². The summed E-state index contributed by atoms with van der Waals surface area (Å²) in [6.07, 6.45) is 4.27. The van der Waals surface area contributed by atoms with Crippen molar-refractivity contribution in [2.75, 3.05) is 35.1 Å². The number of pyridine rings is 3. The van der Waals surface area contributed by atoms with Crippen LogP contribution in [0.15, 0.2) is 234 Å². The first-order valence-electron chi connectivity index (χ1n) is 41.5. The molecule has 8 heterocycles. The van der Waals surface area contributed by atoms with E-state index in [1.165, 1.54) is 77.4 Å². The second kappa shape index (κ2) is 43.3. The molecule has 1 aliphatic heterocycles. The molecule has 42 heteroatoms. The van der Waals surface area contributed by atoms with Gasteiger partial charge in [-0.3, -0.25) is 28.8 Å². The average Bonchev–Trinajstić information content (AvgIpc) is 1.67. The number of carbonyl (C=O) groups is 1. The van der Waals surface area contributed by atoms with E-state index in [4.69, 9.17) is 55.5 Å². The maximum Gasteiger partial charge on any atom is 0.420 e. The minimum Gasteiger partial charge on any atom is -0.497 e. The van der Waals surface area contributed by atoms with Crippen LogP contribution in [0.4, 0.5) is 35.4 Å². The van der Waals surface area contributed by atoms with E-state index in [-0.39, 0.29) is 61.8 Å². The van der Waals surface area contributed by atoms with Gasteiger partial charge in [0, 0.05) is 59.2 Å². The molecule has 1 aliphatic carbocycles. The number of ether oxygens (including phenoxy) is 3. The predicted octanol–water partition coefficient (Wildman–Crippen LogP) is 17.4. The third kappa shape index (κ3) is 27.0. The van der Waals surface area contributed by atoms with E-state index in [0.29, 0.717) is 75.6 Å². The van der Waals surface area contributed by atoms with Gasteiger partial charge in [-0.1, -0.05) is 72.8 Å². The van der Waals surface area contributed by atoms with E-state index >= 15 is 0 Å². The van der Waals surface area contributed by atoms with Gasteiger partial charge in [0.25, 0.3) is 29.1 Å². The first-order valence-corrected chi connectivity index (χ1v) is 49.0. The first kappa shape index (κ1) is 102. The predicted molar refractivity (Wildman–Crippen MR) is 504 cm³/mol. The van der Waals surface area contributed by atoms with Crippen LogP contribution in [0, 0.1) is 59.4 Å². The Labute approximate surface area is 782 Å². The van der Waals surface area contributed by atoms with Crippen molar-refractivity contribution in [2.45, 2.75) is 160 Å². The van der Waals surface area contributed by atoms with Crippen molar-refractivity contribution in [3.05, 3.63) is 320 Å². The van der Waals surface area contributed by atoms with Crippen LogP contribution in [-0.4, -0.2) is 115 Å². The highest BCUT2D eigenvalue weighted by Crippen LogP contribution is 2.36. The minimum absolute atomic E-state index is 0.0561. The van der Waals surface area contributed by atoms with Gasteiger partial charge >= 0.3 is 38.4 Å². The number of oxazole rings is 4. The van der Waals surface area contributed by atoms with E-state index in [0.717, 1.165) is 98.8 Å². The standard InChI is InChI=1S/C25H24FN3O4S.C22H20FN3O5S.C16H23NO3.C14H15FN2O.C8H6ClNO4S.C8H7NO2.ClHO3S/c1-15-13-20-21(14-22(15)34(31,32)28-24-12-6-11-23(26)27-24)33-25(30)29(20)16(2)18-10-5-8-17-7-3-4-9-19(17)18;1-13-9-16(30-3)8-7-15(13)12-26(21-6-4-5-20(23)25-21)32(28,29)19-11-18-17(10-14(19)2)24-22(27)31-18;1-11(18)13-7-5-6-12-8-9-17(10-14(12)13)15(19)20-16(2,3)4;1-10-8-12(18-2)7-6-11(10)9-16-14-5-3-4-13(15)17-14;1-4-2-5-6(14-8(11)10-5)3-7(4)15(9,12)13;1-5-2-3-7-6(4-5)9-8(10)11-7;1-5(2,3)4/h5-6,8,10-14,16H,3-4,7,9H2,1-2H3,(H,27,28);4-11H,12H2,1-3H3,(H,24,27);5-7,11,18H,8-10H2,1-4H3;3-8H,9H2,1-2H3,(H,16,17);2-3H,1H3,(H,10,11);2-4H,1H3,(H,9,10);(H,2,3,4)/t16-;;11-;;;;/m1.0..../s1. The van der Waals surface area contributed by atoms with Gasteiger partial charge in [0.2, 0.25) is 17.8 Å². The van der Waals surface area contributed by atoms with E-state index < -0.39 is 91.0 Å². The zero-order valence-corrected chi connectivity index (χ0v) is 79.9. The topological polar surface area (TPSA) is 464 Å². The lowest BCUT2D eigenvalue weighted by Crippen LogP contribution is -2.40. The smallest absolute Gasteiger partial charge is 0.420 e. The number of hydrogen-bond donors (Lipinski definition) is 7. The molecule has 0 radical (unpaired) electrons. The molecule has 0 spiro atoms. The van der Waals surface area contributed by atoms with Crippen LogP contribution in [0.1, 0.15) is 137 Å². The van der Waals surface area contributed by atoms with Crippen molar-refractivity contribution in [2.24, 2.45) is 0 Å². The Morgan fingerprint density at radius 2 is 1.04 bits per heavy atom. The molecule has 714 valence electrons. The summed E-state index contributed by atoms with van der Waals surface area (Å²) >= 11 is 0. The lowest BCUT2D eigenvalue weighted by Gasteiger charge is -2.32. The van der Waals surface area contributed by atoms with Crippen molar-refractivity contribution in [3.63, 3.8) is 0 Å². The van der Waals surface area contributed by atoms with Gasteiger partial charge in [0.05, 0.1) is 69.7 Å². The number of H-pyrrole nitrogens is 3. The van der Waals surface area contributed by atoms with Gasteiger partial charge in [-0.05, 0) is 277 Å². The Morgan fingerprint density at radius 3 is 1.60 bits per heavy atom. The fraction of sp³-hybridized carbons (Fsp3) is 0.269. The molecule has 33 nitrogen and oxygen atoms in total. The second-order valence-corrected chi connectivity index (χ2v) is 40.2. The van der Waals surface area contributed by atoms with Crippen LogP contribution < -0.4 is 46.8 Å². The number of amides is 1. The molecule has 0 saturated carbocycles. The number of aryl methyl sites for hydroxylation is 7. The number of aromatic nitrogens is 7. The number of nitrogens with zero attached hydrogens (tertiary/aromatic N) is 6. The van der Waals surface area contributed by atoms with Crippen molar-refractivity contribution in [1.29, 1.82) is 0 Å². The number of aromatic amines is 3. The fourth-order valence-electron chi connectivity index (χ4n) is 14.8. The summed E-state index contributed by atoms with van der Waals surface area (Å²) in [4.78, 5) is 78.2. The molecule has 135 heavy (non-hydrogen) atoms. The zero-order valence-electron chi connectivity index (χ0n) is 75.1. The van der Waals surface area contributed by atoms with Crippen LogP contribution in [0.2, 0.25) is 0 Å². The Hall–Kier alpha value is -13.4. The van der Waals surface area contributed by atoms with Crippen molar-refractivity contribution >= 4 is 128 Å². The maximum absolute atomic E-state index is 13.9.